The first kappa shape index (κ1) is 22.9. The Hall–Kier alpha value is -1.30. The van der Waals surface area contributed by atoms with E-state index < -0.39 is 10.0 Å². The molecule has 31 heavy (non-hydrogen) atoms. The maximum atomic E-state index is 12.9. The highest BCUT2D eigenvalue weighted by Gasteiger charge is 2.33. The minimum absolute atomic E-state index is 0.209. The number of hydrogen-bond acceptors (Lipinski definition) is 5. The van der Waals surface area contributed by atoms with Gasteiger partial charge in [-0.05, 0) is 43.2 Å². The molecule has 0 spiro atoms. The van der Waals surface area contributed by atoms with Gasteiger partial charge in [-0.25, -0.2) is 8.42 Å². The largest absolute Gasteiger partial charge is 0.313 e. The highest BCUT2D eigenvalue weighted by molar-refractivity contribution is 9.10. The number of carbonyl (C=O) groups excluding carboxylic acids is 1. The van der Waals surface area contributed by atoms with Crippen molar-refractivity contribution in [3.05, 3.63) is 56.6 Å². The van der Waals surface area contributed by atoms with Crippen molar-refractivity contribution >= 4 is 76.4 Å². The molecular formula is C20H19BrClN3O3S3. The molecule has 1 fully saturated rings. The molecule has 3 heterocycles. The van der Waals surface area contributed by atoms with Gasteiger partial charge in [0.15, 0.2) is 4.80 Å². The summed E-state index contributed by atoms with van der Waals surface area (Å²) in [5, 5.41) is 0. The summed E-state index contributed by atoms with van der Waals surface area (Å²) >= 11 is 11.9. The van der Waals surface area contributed by atoms with E-state index in [9.17, 15) is 13.2 Å². The molecular weight excluding hydrogens is 542 g/mol. The molecule has 0 saturated carbocycles. The molecule has 3 aromatic rings. The lowest BCUT2D eigenvalue weighted by molar-refractivity contribution is -0.122. The Morgan fingerprint density at radius 2 is 2.00 bits per heavy atom. The van der Waals surface area contributed by atoms with Crippen molar-refractivity contribution < 1.29 is 13.2 Å². The van der Waals surface area contributed by atoms with Gasteiger partial charge in [-0.2, -0.15) is 9.30 Å². The van der Waals surface area contributed by atoms with Gasteiger partial charge in [0.2, 0.25) is 0 Å². The second-order valence-electron chi connectivity index (χ2n) is 7.08. The Bertz CT molecular complexity index is 1320. The van der Waals surface area contributed by atoms with Crippen LogP contribution in [0.3, 0.4) is 0 Å². The summed E-state index contributed by atoms with van der Waals surface area (Å²) in [5.41, 5.74) is 0.996. The zero-order chi connectivity index (χ0) is 22.2. The van der Waals surface area contributed by atoms with Gasteiger partial charge < -0.3 is 4.57 Å². The number of aromatic nitrogens is 1. The Kier molecular flexibility index (Phi) is 6.85. The van der Waals surface area contributed by atoms with Crippen LogP contribution in [0.25, 0.3) is 10.2 Å². The number of benzene rings is 1. The third kappa shape index (κ3) is 4.74. The fourth-order valence-corrected chi connectivity index (χ4v) is 8.23. The fourth-order valence-electron chi connectivity index (χ4n) is 3.53. The van der Waals surface area contributed by atoms with E-state index in [-0.39, 0.29) is 29.1 Å². The van der Waals surface area contributed by atoms with Gasteiger partial charge in [-0.15, -0.1) is 17.9 Å². The molecule has 0 unspecified atom stereocenters. The normalized spacial score (nSPS) is 16.8. The smallest absolute Gasteiger partial charge is 0.252 e. The summed E-state index contributed by atoms with van der Waals surface area (Å²) in [4.78, 5) is 17.9. The molecule has 1 aromatic carbocycles. The third-order valence-corrected chi connectivity index (χ3v) is 10.2. The molecule has 2 aromatic heterocycles. The molecule has 164 valence electrons. The molecule has 1 aliphatic rings. The Labute approximate surface area is 201 Å². The summed E-state index contributed by atoms with van der Waals surface area (Å²) < 4.78 is 31.6. The maximum absolute atomic E-state index is 12.9. The maximum Gasteiger partial charge on any atom is 0.252 e. The first-order chi connectivity index (χ1) is 14.8. The Morgan fingerprint density at radius 3 is 2.65 bits per heavy atom. The number of amides is 1. The summed E-state index contributed by atoms with van der Waals surface area (Å²) in [6.45, 7) is 4.93. The van der Waals surface area contributed by atoms with Crippen LogP contribution in [0.1, 0.15) is 12.8 Å². The van der Waals surface area contributed by atoms with Crippen molar-refractivity contribution in [1.82, 2.24) is 8.87 Å². The lowest BCUT2D eigenvalue weighted by Gasteiger charge is -2.29. The van der Waals surface area contributed by atoms with Crippen LogP contribution in [0.2, 0.25) is 4.34 Å². The highest BCUT2D eigenvalue weighted by Crippen LogP contribution is 2.31. The molecule has 0 N–H and O–H groups in total. The monoisotopic (exact) mass is 559 g/mol. The molecule has 11 heteroatoms. The van der Waals surface area contributed by atoms with E-state index >= 15 is 0 Å². The first-order valence-electron chi connectivity index (χ1n) is 9.53. The average molecular weight is 561 g/mol. The molecule has 1 amide bonds. The third-order valence-electron chi connectivity index (χ3n) is 5.11. The van der Waals surface area contributed by atoms with Crippen LogP contribution in [0.4, 0.5) is 0 Å². The van der Waals surface area contributed by atoms with Crippen LogP contribution < -0.4 is 4.80 Å². The zero-order valence-electron chi connectivity index (χ0n) is 16.3. The van der Waals surface area contributed by atoms with Crippen molar-refractivity contribution in [3.63, 3.8) is 0 Å². The number of nitrogens with zero attached hydrogens (tertiary/aromatic N) is 3. The van der Waals surface area contributed by atoms with Crippen molar-refractivity contribution in [2.45, 2.75) is 23.6 Å². The van der Waals surface area contributed by atoms with Crippen LogP contribution in [0, 0.1) is 5.92 Å². The van der Waals surface area contributed by atoms with E-state index in [1.807, 2.05) is 22.8 Å². The second-order valence-corrected chi connectivity index (χ2v) is 12.9. The Morgan fingerprint density at radius 1 is 1.26 bits per heavy atom. The van der Waals surface area contributed by atoms with E-state index in [1.165, 1.54) is 21.7 Å². The summed E-state index contributed by atoms with van der Waals surface area (Å²) in [7, 11) is -3.58. The summed E-state index contributed by atoms with van der Waals surface area (Å²) in [6, 6.07) is 9.05. The van der Waals surface area contributed by atoms with E-state index in [4.69, 9.17) is 11.6 Å². The van der Waals surface area contributed by atoms with Crippen LogP contribution >= 0.6 is 50.2 Å². The summed E-state index contributed by atoms with van der Waals surface area (Å²) in [6.07, 6.45) is 2.66. The molecule has 1 aliphatic heterocycles. The van der Waals surface area contributed by atoms with Crippen molar-refractivity contribution in [2.24, 2.45) is 10.9 Å². The van der Waals surface area contributed by atoms with E-state index in [2.05, 4.69) is 27.5 Å². The zero-order valence-corrected chi connectivity index (χ0v) is 21.1. The minimum atomic E-state index is -3.58. The van der Waals surface area contributed by atoms with Gasteiger partial charge in [0.25, 0.3) is 15.9 Å². The standard InChI is InChI=1S/C20H19BrClN3O3S3/c1-2-9-25-15-4-3-14(21)12-16(15)29-20(25)23-19(26)13-7-10-24(11-8-13)31(27,28)18-6-5-17(22)30-18/h2-6,12-13H,1,7-11H2. The van der Waals surface area contributed by atoms with Crippen molar-refractivity contribution in [3.8, 4) is 0 Å². The van der Waals surface area contributed by atoms with Gasteiger partial charge in [0.05, 0.1) is 14.6 Å². The fraction of sp³-hybridized carbons (Fsp3) is 0.300. The number of fused-ring (bicyclic) bond motifs is 1. The van der Waals surface area contributed by atoms with Crippen molar-refractivity contribution in [1.29, 1.82) is 0 Å². The summed E-state index contributed by atoms with van der Waals surface area (Å²) in [5.74, 6) is -0.507. The number of thiazole rings is 1. The first-order valence-corrected chi connectivity index (χ1v) is 13.8. The number of allylic oxidation sites excluding steroid dienone is 1. The quantitative estimate of drug-likeness (QED) is 0.417. The number of hydrogen-bond donors (Lipinski definition) is 0. The van der Waals surface area contributed by atoms with Gasteiger partial charge in [-0.3, -0.25) is 4.79 Å². The second kappa shape index (κ2) is 9.29. The number of carbonyl (C=O) groups is 1. The predicted octanol–water partition coefficient (Wildman–Crippen LogP) is 4.89. The van der Waals surface area contributed by atoms with Gasteiger partial charge in [0.1, 0.15) is 4.21 Å². The number of sulfonamides is 1. The van der Waals surface area contributed by atoms with Gasteiger partial charge in [0, 0.05) is 30.0 Å². The number of rotatable bonds is 5. The lowest BCUT2D eigenvalue weighted by Crippen LogP contribution is -2.40. The van der Waals surface area contributed by atoms with Crippen LogP contribution in [-0.4, -0.2) is 36.3 Å². The van der Waals surface area contributed by atoms with Crippen LogP contribution in [0.15, 0.2) is 56.7 Å². The molecule has 0 atom stereocenters. The van der Waals surface area contributed by atoms with Crippen LogP contribution in [0.5, 0.6) is 0 Å². The Balaban J connectivity index is 1.53. The molecule has 6 nitrogen and oxygen atoms in total. The number of halogens is 2. The average Bonchev–Trinajstić information content (AvgIpc) is 3.32. The molecule has 0 radical (unpaired) electrons. The minimum Gasteiger partial charge on any atom is -0.313 e. The van der Waals surface area contributed by atoms with Gasteiger partial charge in [-0.1, -0.05) is 44.9 Å². The van der Waals surface area contributed by atoms with Crippen LogP contribution in [-0.2, 0) is 21.4 Å². The lowest BCUT2D eigenvalue weighted by atomic mass is 9.98. The molecule has 1 saturated heterocycles. The molecule has 4 rings (SSSR count). The van der Waals surface area contributed by atoms with E-state index in [0.717, 1.165) is 26.0 Å². The van der Waals surface area contributed by atoms with Gasteiger partial charge >= 0.3 is 0 Å². The van der Waals surface area contributed by atoms with E-state index in [1.54, 1.807) is 12.1 Å². The number of piperidine rings is 1. The molecule has 0 bridgehead atoms. The molecule has 0 aliphatic carbocycles. The number of thiophene rings is 1. The highest BCUT2D eigenvalue weighted by atomic mass is 79.9. The topological polar surface area (TPSA) is 71.7 Å². The van der Waals surface area contributed by atoms with Crippen molar-refractivity contribution in [2.75, 3.05) is 13.1 Å². The predicted molar refractivity (Wildman–Crippen MR) is 129 cm³/mol. The SMILES string of the molecule is C=CCn1c(=NC(=O)C2CCN(S(=O)(=O)c3ccc(Cl)s3)CC2)sc2cc(Br)ccc21. The van der Waals surface area contributed by atoms with E-state index in [0.29, 0.717) is 28.5 Å².